The van der Waals surface area contributed by atoms with Crippen molar-refractivity contribution in [3.63, 3.8) is 0 Å². The van der Waals surface area contributed by atoms with Crippen LogP contribution >= 0.6 is 55.1 Å². The third-order valence-electron chi connectivity index (χ3n) is 2.21. The molecular weight excluding hydrogens is 419 g/mol. The molecule has 1 aromatic carbocycles. The molecule has 19 heavy (non-hydrogen) atoms. The van der Waals surface area contributed by atoms with Crippen LogP contribution in [0.2, 0.25) is 5.02 Å². The minimum Gasteiger partial charge on any atom is -0.492 e. The van der Waals surface area contributed by atoms with Crippen molar-refractivity contribution < 1.29 is 9.47 Å². The van der Waals surface area contributed by atoms with Gasteiger partial charge in [0, 0.05) is 11.9 Å². The minimum absolute atomic E-state index is 0.452. The number of ether oxygens (including phenoxy) is 2. The van der Waals surface area contributed by atoms with Crippen LogP contribution in [0.5, 0.6) is 11.5 Å². The lowest BCUT2D eigenvalue weighted by atomic mass is 10.2. The molecule has 0 heterocycles. The number of rotatable bonds is 7. The molecule has 0 atom stereocenters. The molecule has 1 rings (SSSR count). The fourth-order valence-corrected chi connectivity index (χ4v) is 2.08. The van der Waals surface area contributed by atoms with Crippen LogP contribution in [0.4, 0.5) is 0 Å². The summed E-state index contributed by atoms with van der Waals surface area (Å²) in [5.41, 5.74) is 0.943. The zero-order chi connectivity index (χ0) is 14.3. The number of hydrogen-bond donors (Lipinski definition) is 0. The molecule has 2 nitrogen and oxygen atoms in total. The highest BCUT2D eigenvalue weighted by molar-refractivity contribution is 9.28. The Morgan fingerprint density at radius 2 is 2.05 bits per heavy atom. The van der Waals surface area contributed by atoms with Crippen LogP contribution in [0.25, 0.3) is 0 Å². The largest absolute Gasteiger partial charge is 0.492 e. The van der Waals surface area contributed by atoms with Crippen molar-refractivity contribution >= 4 is 55.1 Å². The smallest absolute Gasteiger partial charge is 0.141 e. The molecule has 0 unspecified atom stereocenters. The van der Waals surface area contributed by atoms with Crippen molar-refractivity contribution in [3.05, 3.63) is 32.2 Å². The molecule has 0 aliphatic carbocycles. The van der Waals surface area contributed by atoms with Crippen molar-refractivity contribution in [3.8, 4) is 11.5 Å². The zero-order valence-corrected chi connectivity index (χ0v) is 15.1. The highest BCUT2D eigenvalue weighted by Crippen LogP contribution is 2.33. The fraction of sp³-hybridized carbons (Fsp3) is 0.385. The van der Waals surface area contributed by atoms with Gasteiger partial charge < -0.3 is 9.47 Å². The number of halogens is 4. The van der Waals surface area contributed by atoms with Gasteiger partial charge >= 0.3 is 0 Å². The molecule has 0 aliphatic rings. The molecule has 1 aromatic rings. The van der Waals surface area contributed by atoms with Crippen molar-refractivity contribution in [1.29, 1.82) is 0 Å². The quantitative estimate of drug-likeness (QED) is 0.408. The number of benzene rings is 1. The van der Waals surface area contributed by atoms with Gasteiger partial charge in [0.1, 0.15) is 18.1 Å². The Balaban J connectivity index is 2.70. The Bertz CT molecular complexity index is 423. The van der Waals surface area contributed by atoms with E-state index in [0.717, 1.165) is 15.4 Å². The summed E-state index contributed by atoms with van der Waals surface area (Å²) in [6.07, 6.45) is 2.65. The molecule has 0 spiro atoms. The van der Waals surface area contributed by atoms with Gasteiger partial charge in [-0.3, -0.25) is 0 Å². The molecule has 0 amide bonds. The van der Waals surface area contributed by atoms with Crippen LogP contribution in [0.15, 0.2) is 21.6 Å². The van der Waals surface area contributed by atoms with E-state index in [2.05, 4.69) is 31.9 Å². The Hall–Kier alpha value is 0.1000. The summed E-state index contributed by atoms with van der Waals surface area (Å²) < 4.78 is 12.0. The van der Waals surface area contributed by atoms with E-state index in [1.807, 2.05) is 19.1 Å². The highest BCUT2D eigenvalue weighted by atomic mass is 79.9. The lowest BCUT2D eigenvalue weighted by Crippen LogP contribution is -2.01. The predicted octanol–water partition coefficient (Wildman–Crippen LogP) is 5.67. The summed E-state index contributed by atoms with van der Waals surface area (Å²) >= 11 is 18.3. The average molecular weight is 433 g/mol. The van der Waals surface area contributed by atoms with Gasteiger partial charge in [-0.05, 0) is 62.9 Å². The first-order chi connectivity index (χ1) is 9.04. The standard InChI is InChI=1S/C13H14Br2Cl2O2/c1-9-7-10(18-6-3-12(14)15)8-11(17)13(9)19-5-2-4-16/h3,7-8H,2,4-6H2,1H3. The molecule has 0 N–H and O–H groups in total. The van der Waals surface area contributed by atoms with E-state index in [1.54, 1.807) is 6.07 Å². The van der Waals surface area contributed by atoms with Crippen LogP contribution < -0.4 is 9.47 Å². The van der Waals surface area contributed by atoms with Crippen LogP contribution in [-0.4, -0.2) is 19.1 Å². The van der Waals surface area contributed by atoms with Crippen molar-refractivity contribution in [2.75, 3.05) is 19.1 Å². The summed E-state index contributed by atoms with van der Waals surface area (Å²) in [7, 11) is 0. The Labute approximate surface area is 140 Å². The first kappa shape index (κ1) is 17.2. The maximum atomic E-state index is 6.18. The molecule has 6 heteroatoms. The monoisotopic (exact) mass is 430 g/mol. The number of aryl methyl sites for hydroxylation is 1. The average Bonchev–Trinajstić information content (AvgIpc) is 2.32. The maximum absolute atomic E-state index is 6.18. The van der Waals surface area contributed by atoms with Crippen LogP contribution in [0, 0.1) is 6.92 Å². The Morgan fingerprint density at radius 3 is 2.63 bits per heavy atom. The van der Waals surface area contributed by atoms with E-state index >= 15 is 0 Å². The van der Waals surface area contributed by atoms with Gasteiger partial charge in [0.15, 0.2) is 0 Å². The van der Waals surface area contributed by atoms with Crippen LogP contribution in [-0.2, 0) is 0 Å². The Kier molecular flexibility index (Phi) is 8.23. The number of alkyl halides is 1. The van der Waals surface area contributed by atoms with Crippen molar-refractivity contribution in [2.45, 2.75) is 13.3 Å². The molecule has 0 aliphatic heterocycles. The molecule has 0 saturated heterocycles. The summed E-state index contributed by atoms with van der Waals surface area (Å²) in [4.78, 5) is 0. The van der Waals surface area contributed by atoms with Crippen molar-refractivity contribution in [2.24, 2.45) is 0 Å². The van der Waals surface area contributed by atoms with E-state index in [4.69, 9.17) is 32.7 Å². The molecule has 106 valence electrons. The van der Waals surface area contributed by atoms with E-state index in [-0.39, 0.29) is 0 Å². The fourth-order valence-electron chi connectivity index (χ4n) is 1.40. The lowest BCUT2D eigenvalue weighted by molar-refractivity contribution is 0.314. The summed E-state index contributed by atoms with van der Waals surface area (Å²) in [6, 6.07) is 3.65. The minimum atomic E-state index is 0.452. The highest BCUT2D eigenvalue weighted by Gasteiger charge is 2.08. The first-order valence-corrected chi connectivity index (χ1v) is 8.17. The van der Waals surface area contributed by atoms with Gasteiger partial charge in [-0.25, -0.2) is 0 Å². The summed E-state index contributed by atoms with van der Waals surface area (Å²) in [6.45, 7) is 2.95. The summed E-state index contributed by atoms with van der Waals surface area (Å²) in [5.74, 6) is 1.98. The third kappa shape index (κ3) is 6.39. The third-order valence-corrected chi connectivity index (χ3v) is 3.41. The number of hydrogen-bond acceptors (Lipinski definition) is 2. The zero-order valence-electron chi connectivity index (χ0n) is 10.4. The first-order valence-electron chi connectivity index (χ1n) is 5.67. The summed E-state index contributed by atoms with van der Waals surface area (Å²) in [5, 5.41) is 0.548. The molecule has 0 fully saturated rings. The van der Waals surface area contributed by atoms with Gasteiger partial charge in [0.25, 0.3) is 0 Å². The van der Waals surface area contributed by atoms with Gasteiger partial charge in [-0.15, -0.1) is 11.6 Å². The van der Waals surface area contributed by atoms with Crippen LogP contribution in [0.3, 0.4) is 0 Å². The molecular formula is C13H14Br2Cl2O2. The predicted molar refractivity (Wildman–Crippen MR) is 88.5 cm³/mol. The van der Waals surface area contributed by atoms with E-state index in [1.165, 1.54) is 0 Å². The SMILES string of the molecule is Cc1cc(OCC=C(Br)Br)cc(Cl)c1OCCCCl. The maximum Gasteiger partial charge on any atom is 0.141 e. The van der Waals surface area contributed by atoms with Crippen molar-refractivity contribution in [1.82, 2.24) is 0 Å². The van der Waals surface area contributed by atoms with Gasteiger partial charge in [-0.1, -0.05) is 11.6 Å². The van der Waals surface area contributed by atoms with Gasteiger partial charge in [0.05, 0.1) is 15.0 Å². The normalized spacial score (nSPS) is 10.2. The Morgan fingerprint density at radius 1 is 1.32 bits per heavy atom. The molecule has 0 saturated carbocycles. The second kappa shape index (κ2) is 9.11. The second-order valence-corrected chi connectivity index (χ2v) is 7.30. The van der Waals surface area contributed by atoms with Gasteiger partial charge in [-0.2, -0.15) is 0 Å². The van der Waals surface area contributed by atoms with E-state index in [0.29, 0.717) is 35.6 Å². The molecule has 0 radical (unpaired) electrons. The topological polar surface area (TPSA) is 18.5 Å². The lowest BCUT2D eigenvalue weighted by Gasteiger charge is -2.12. The molecule has 0 bridgehead atoms. The van der Waals surface area contributed by atoms with E-state index in [9.17, 15) is 0 Å². The van der Waals surface area contributed by atoms with Crippen LogP contribution in [0.1, 0.15) is 12.0 Å². The molecule has 0 aromatic heterocycles. The van der Waals surface area contributed by atoms with Gasteiger partial charge in [0.2, 0.25) is 0 Å². The van der Waals surface area contributed by atoms with E-state index < -0.39 is 0 Å². The second-order valence-electron chi connectivity index (χ2n) is 3.75.